The second-order valence-electron chi connectivity index (χ2n) is 21.3. The van der Waals surface area contributed by atoms with E-state index in [9.17, 15) is 14.4 Å². The zero-order valence-electron chi connectivity index (χ0n) is 50.9. The fourth-order valence-corrected chi connectivity index (χ4v) is 8.91. The Morgan fingerprint density at radius 1 is 0.269 bits per heavy atom. The molecular formula is C72H120O6. The highest BCUT2D eigenvalue weighted by Gasteiger charge is 2.19. The van der Waals surface area contributed by atoms with Crippen molar-refractivity contribution in [2.45, 2.75) is 303 Å². The van der Waals surface area contributed by atoms with Crippen LogP contribution in [0.2, 0.25) is 0 Å². The standard InChI is InChI=1S/C72H120O6/c1-4-7-10-13-16-19-22-25-27-29-31-33-34-35-36-37-38-40-41-43-45-47-50-53-56-59-62-65-71(74)77-68-69(67-76-70(73)64-61-58-55-52-49-24-21-18-15-12-9-6-3)78-72(75)66-63-60-57-54-51-48-46-44-42-39-32-30-28-26-23-20-17-14-11-8-5-2/h7-8,10-11,16-17,19-20,25-28,31-33,39,44,46,51,54,69H,4-6,9,12-15,18,21-24,29-30,34-38,40-43,45,47-50,52-53,55-68H2,1-3H3/b10-7-,11-8-,19-16-,20-17-,27-25-,28-26-,33-31-,39-32-,46-44-,54-51-. The first-order chi connectivity index (χ1) is 38.5. The molecule has 0 bridgehead atoms. The van der Waals surface area contributed by atoms with Gasteiger partial charge in [0.05, 0.1) is 0 Å². The van der Waals surface area contributed by atoms with Crippen LogP contribution in [0.25, 0.3) is 0 Å². The summed E-state index contributed by atoms with van der Waals surface area (Å²) in [5, 5.41) is 0. The number of hydrogen-bond acceptors (Lipinski definition) is 6. The predicted octanol–water partition coefficient (Wildman–Crippen LogP) is 22.4. The lowest BCUT2D eigenvalue weighted by atomic mass is 10.0. The smallest absolute Gasteiger partial charge is 0.306 e. The molecule has 0 aromatic carbocycles. The van der Waals surface area contributed by atoms with Gasteiger partial charge in [0.1, 0.15) is 13.2 Å². The molecule has 6 heteroatoms. The molecular weight excluding hydrogens is 961 g/mol. The molecule has 0 radical (unpaired) electrons. The van der Waals surface area contributed by atoms with E-state index in [1.165, 1.54) is 135 Å². The Labute approximate surface area is 482 Å². The van der Waals surface area contributed by atoms with E-state index in [-0.39, 0.29) is 37.5 Å². The Kier molecular flexibility index (Phi) is 61.8. The largest absolute Gasteiger partial charge is 0.462 e. The quantitative estimate of drug-likeness (QED) is 0.0261. The van der Waals surface area contributed by atoms with Crippen LogP contribution in [0.4, 0.5) is 0 Å². The molecule has 0 aliphatic heterocycles. The minimum absolute atomic E-state index is 0.0948. The van der Waals surface area contributed by atoms with Crippen LogP contribution in [0.15, 0.2) is 122 Å². The number of carbonyl (C=O) groups is 3. The van der Waals surface area contributed by atoms with Gasteiger partial charge in [-0.3, -0.25) is 14.4 Å². The fraction of sp³-hybridized carbons (Fsp3) is 0.681. The summed E-state index contributed by atoms with van der Waals surface area (Å²) in [5.74, 6) is -0.932. The predicted molar refractivity (Wildman–Crippen MR) is 339 cm³/mol. The zero-order valence-corrected chi connectivity index (χ0v) is 50.9. The van der Waals surface area contributed by atoms with Crippen LogP contribution >= 0.6 is 0 Å². The lowest BCUT2D eigenvalue weighted by Crippen LogP contribution is -2.30. The molecule has 0 aliphatic carbocycles. The van der Waals surface area contributed by atoms with Gasteiger partial charge in [0.25, 0.3) is 0 Å². The summed E-state index contributed by atoms with van der Waals surface area (Å²) in [4.78, 5) is 38.3. The van der Waals surface area contributed by atoms with Gasteiger partial charge >= 0.3 is 17.9 Å². The van der Waals surface area contributed by atoms with E-state index in [1.807, 2.05) is 0 Å². The van der Waals surface area contributed by atoms with Crippen LogP contribution in [0.5, 0.6) is 0 Å². The first-order valence-corrected chi connectivity index (χ1v) is 32.5. The van der Waals surface area contributed by atoms with Crippen molar-refractivity contribution < 1.29 is 28.6 Å². The van der Waals surface area contributed by atoms with Crippen LogP contribution in [-0.2, 0) is 28.6 Å². The molecule has 0 aromatic rings. The lowest BCUT2D eigenvalue weighted by Gasteiger charge is -2.18. The molecule has 0 amide bonds. The van der Waals surface area contributed by atoms with Crippen molar-refractivity contribution in [2.24, 2.45) is 0 Å². The van der Waals surface area contributed by atoms with Gasteiger partial charge in [-0.25, -0.2) is 0 Å². The summed E-state index contributed by atoms with van der Waals surface area (Å²) >= 11 is 0. The van der Waals surface area contributed by atoms with E-state index in [4.69, 9.17) is 14.2 Å². The van der Waals surface area contributed by atoms with Crippen molar-refractivity contribution in [3.8, 4) is 0 Å². The second-order valence-corrected chi connectivity index (χ2v) is 21.3. The van der Waals surface area contributed by atoms with Crippen molar-refractivity contribution in [2.75, 3.05) is 13.2 Å². The highest BCUT2D eigenvalue weighted by molar-refractivity contribution is 5.71. The van der Waals surface area contributed by atoms with E-state index >= 15 is 0 Å². The minimum atomic E-state index is -0.803. The Morgan fingerprint density at radius 3 is 0.808 bits per heavy atom. The SMILES string of the molecule is CC/C=C\C/C=C\C/C=C\C/C=C\C/C=C\C/C=C\CCCCC(=O)OC(COC(=O)CCCCCCCCCCCCCC)COC(=O)CCCCCCCCCCCCCCCC/C=C\C/C=C\C/C=C\C/C=C\CC. The summed E-state index contributed by atoms with van der Waals surface area (Å²) in [6, 6.07) is 0. The zero-order chi connectivity index (χ0) is 56.4. The molecule has 1 atom stereocenters. The lowest BCUT2D eigenvalue weighted by molar-refractivity contribution is -0.167. The molecule has 0 aromatic heterocycles. The molecule has 0 heterocycles. The van der Waals surface area contributed by atoms with E-state index < -0.39 is 6.10 Å². The first-order valence-electron chi connectivity index (χ1n) is 32.5. The average molecular weight is 1080 g/mol. The molecule has 6 nitrogen and oxygen atoms in total. The highest BCUT2D eigenvalue weighted by Crippen LogP contribution is 2.16. The van der Waals surface area contributed by atoms with Gasteiger partial charge in [0.2, 0.25) is 0 Å². The van der Waals surface area contributed by atoms with Gasteiger partial charge in [-0.05, 0) is 109 Å². The molecule has 0 saturated carbocycles. The second kappa shape index (κ2) is 65.3. The van der Waals surface area contributed by atoms with Crippen LogP contribution in [0.3, 0.4) is 0 Å². The monoisotopic (exact) mass is 1080 g/mol. The average Bonchev–Trinajstić information content (AvgIpc) is 3.44. The molecule has 0 spiro atoms. The maximum absolute atomic E-state index is 12.9. The molecule has 0 aliphatic rings. The molecule has 444 valence electrons. The number of esters is 3. The summed E-state index contributed by atoms with van der Waals surface area (Å²) in [5.41, 5.74) is 0. The van der Waals surface area contributed by atoms with Gasteiger partial charge in [0, 0.05) is 19.3 Å². The van der Waals surface area contributed by atoms with Gasteiger partial charge in [-0.1, -0.05) is 290 Å². The third-order valence-electron chi connectivity index (χ3n) is 13.7. The van der Waals surface area contributed by atoms with Crippen molar-refractivity contribution in [3.05, 3.63) is 122 Å². The summed E-state index contributed by atoms with van der Waals surface area (Å²) in [7, 11) is 0. The van der Waals surface area contributed by atoms with E-state index in [2.05, 4.69) is 142 Å². The summed E-state index contributed by atoms with van der Waals surface area (Å²) in [6.45, 7) is 6.39. The maximum atomic E-state index is 12.9. The Hall–Kier alpha value is -4.19. The Bertz CT molecular complexity index is 1620. The maximum Gasteiger partial charge on any atom is 0.306 e. The molecule has 78 heavy (non-hydrogen) atoms. The van der Waals surface area contributed by atoms with Crippen molar-refractivity contribution in [1.82, 2.24) is 0 Å². The van der Waals surface area contributed by atoms with Gasteiger partial charge in [-0.2, -0.15) is 0 Å². The highest BCUT2D eigenvalue weighted by atomic mass is 16.6. The van der Waals surface area contributed by atoms with Gasteiger partial charge < -0.3 is 14.2 Å². The number of allylic oxidation sites excluding steroid dienone is 20. The molecule has 0 rings (SSSR count). The van der Waals surface area contributed by atoms with Crippen molar-refractivity contribution in [1.29, 1.82) is 0 Å². The van der Waals surface area contributed by atoms with Crippen LogP contribution < -0.4 is 0 Å². The molecule has 0 saturated heterocycles. The van der Waals surface area contributed by atoms with E-state index in [1.54, 1.807) is 0 Å². The Morgan fingerprint density at radius 2 is 0.500 bits per heavy atom. The topological polar surface area (TPSA) is 78.9 Å². The minimum Gasteiger partial charge on any atom is -0.462 e. The molecule has 0 fully saturated rings. The molecule has 1 unspecified atom stereocenters. The number of unbranched alkanes of at least 4 members (excludes halogenated alkanes) is 27. The third kappa shape index (κ3) is 62.7. The van der Waals surface area contributed by atoms with Crippen LogP contribution in [-0.4, -0.2) is 37.2 Å². The first kappa shape index (κ1) is 73.8. The van der Waals surface area contributed by atoms with Crippen LogP contribution in [0.1, 0.15) is 297 Å². The summed E-state index contributed by atoms with van der Waals surface area (Å²) in [6.07, 6.45) is 90.7. The number of ether oxygens (including phenoxy) is 3. The van der Waals surface area contributed by atoms with E-state index in [0.717, 1.165) is 116 Å². The van der Waals surface area contributed by atoms with Gasteiger partial charge in [0.15, 0.2) is 6.10 Å². The summed E-state index contributed by atoms with van der Waals surface area (Å²) < 4.78 is 16.9. The molecule has 0 N–H and O–H groups in total. The fourth-order valence-electron chi connectivity index (χ4n) is 8.91. The number of rotatable bonds is 58. The number of carbonyl (C=O) groups excluding carboxylic acids is 3. The van der Waals surface area contributed by atoms with Gasteiger partial charge in [-0.15, -0.1) is 0 Å². The van der Waals surface area contributed by atoms with Crippen molar-refractivity contribution in [3.63, 3.8) is 0 Å². The van der Waals surface area contributed by atoms with Crippen molar-refractivity contribution >= 4 is 17.9 Å². The third-order valence-corrected chi connectivity index (χ3v) is 13.7. The Balaban J connectivity index is 4.34. The van der Waals surface area contributed by atoms with E-state index in [0.29, 0.717) is 19.3 Å². The normalized spacial score (nSPS) is 12.9. The van der Waals surface area contributed by atoms with Crippen LogP contribution in [0, 0.1) is 0 Å². The number of hydrogen-bond donors (Lipinski definition) is 0.